The quantitative estimate of drug-likeness (QED) is 0.412. The molecular weight excluding hydrogens is 328 g/mol. The Hall–Kier alpha value is -0.300. The SMILES string of the molecule is C=CC.CC.CC.CC(C)C.CCCC(CCC)O[C@H]1CCCC(C)(C)C1. The first kappa shape index (κ1) is 34.2. The molecular formula is C26H58O. The molecule has 168 valence electrons. The van der Waals surface area contributed by atoms with Crippen molar-refractivity contribution in [2.45, 2.75) is 147 Å². The second kappa shape index (κ2) is 25.7. The van der Waals surface area contributed by atoms with E-state index in [1.165, 1.54) is 51.4 Å². The molecule has 1 rings (SSSR count). The van der Waals surface area contributed by atoms with Gasteiger partial charge in [-0.3, -0.25) is 0 Å². The van der Waals surface area contributed by atoms with E-state index in [0.29, 0.717) is 17.6 Å². The van der Waals surface area contributed by atoms with Crippen molar-refractivity contribution in [2.24, 2.45) is 11.3 Å². The van der Waals surface area contributed by atoms with Crippen LogP contribution in [0.15, 0.2) is 12.7 Å². The Morgan fingerprint density at radius 2 is 1.37 bits per heavy atom. The van der Waals surface area contributed by atoms with Crippen LogP contribution in [0.4, 0.5) is 0 Å². The van der Waals surface area contributed by atoms with Crippen LogP contribution >= 0.6 is 0 Å². The Labute approximate surface area is 175 Å². The van der Waals surface area contributed by atoms with E-state index in [4.69, 9.17) is 4.74 Å². The van der Waals surface area contributed by atoms with Gasteiger partial charge in [0.05, 0.1) is 12.2 Å². The van der Waals surface area contributed by atoms with E-state index in [0.717, 1.165) is 5.92 Å². The van der Waals surface area contributed by atoms with Gasteiger partial charge in [0, 0.05) is 0 Å². The van der Waals surface area contributed by atoms with Crippen molar-refractivity contribution >= 4 is 0 Å². The lowest BCUT2D eigenvalue weighted by molar-refractivity contribution is -0.0594. The number of allylic oxidation sites excluding steroid dienone is 1. The van der Waals surface area contributed by atoms with Gasteiger partial charge in [-0.25, -0.2) is 0 Å². The molecule has 0 radical (unpaired) electrons. The lowest BCUT2D eigenvalue weighted by Gasteiger charge is -2.37. The summed E-state index contributed by atoms with van der Waals surface area (Å²) in [5, 5.41) is 0. The average molecular weight is 387 g/mol. The molecule has 0 heterocycles. The summed E-state index contributed by atoms with van der Waals surface area (Å²) >= 11 is 0. The van der Waals surface area contributed by atoms with Crippen molar-refractivity contribution in [3.8, 4) is 0 Å². The summed E-state index contributed by atoms with van der Waals surface area (Å²) in [6.07, 6.45) is 13.1. The van der Waals surface area contributed by atoms with Gasteiger partial charge in [-0.2, -0.15) is 0 Å². The van der Waals surface area contributed by atoms with E-state index in [2.05, 4.69) is 55.0 Å². The standard InChI is InChI=1S/C15H30O.C4H10.C3H6.2C2H6/c1-5-8-13(9-6-2)16-14-10-7-11-15(3,4)12-14;1-4(2)3;1-3-2;2*1-2/h13-14H,5-12H2,1-4H3;4H,1-3H3;3H,1H2,2H3;2*1-2H3/t14-;;;;/m0..../s1. The van der Waals surface area contributed by atoms with Crippen molar-refractivity contribution in [3.05, 3.63) is 12.7 Å². The summed E-state index contributed by atoms with van der Waals surface area (Å²) in [6.45, 7) is 29.0. The predicted octanol–water partition coefficient (Wildman–Crippen LogP) is 9.85. The molecule has 0 aromatic rings. The highest BCUT2D eigenvalue weighted by molar-refractivity contribution is 4.80. The van der Waals surface area contributed by atoms with Crippen LogP contribution in [-0.2, 0) is 4.74 Å². The summed E-state index contributed by atoms with van der Waals surface area (Å²) in [6, 6.07) is 0. The van der Waals surface area contributed by atoms with Gasteiger partial charge in [-0.1, -0.05) is 101 Å². The summed E-state index contributed by atoms with van der Waals surface area (Å²) in [4.78, 5) is 0. The van der Waals surface area contributed by atoms with Crippen LogP contribution in [0.2, 0.25) is 0 Å². The van der Waals surface area contributed by atoms with Crippen molar-refractivity contribution in [1.29, 1.82) is 0 Å². The summed E-state index contributed by atoms with van der Waals surface area (Å²) in [5.74, 6) is 0.833. The van der Waals surface area contributed by atoms with E-state index < -0.39 is 0 Å². The molecule has 27 heavy (non-hydrogen) atoms. The number of rotatable bonds is 6. The van der Waals surface area contributed by atoms with Crippen LogP contribution in [0.5, 0.6) is 0 Å². The fourth-order valence-corrected chi connectivity index (χ4v) is 2.94. The van der Waals surface area contributed by atoms with Gasteiger partial charge in [-0.15, -0.1) is 6.58 Å². The molecule has 0 N–H and O–H groups in total. The highest BCUT2D eigenvalue weighted by Gasteiger charge is 2.29. The van der Waals surface area contributed by atoms with Gasteiger partial charge in [0.2, 0.25) is 0 Å². The maximum absolute atomic E-state index is 6.31. The minimum absolute atomic E-state index is 0.506. The summed E-state index contributed by atoms with van der Waals surface area (Å²) < 4.78 is 6.31. The molecule has 1 aliphatic rings. The van der Waals surface area contributed by atoms with E-state index in [9.17, 15) is 0 Å². The molecule has 0 aromatic heterocycles. The van der Waals surface area contributed by atoms with Gasteiger partial charge in [-0.05, 0) is 50.4 Å². The van der Waals surface area contributed by atoms with Crippen LogP contribution in [0, 0.1) is 11.3 Å². The van der Waals surface area contributed by atoms with E-state index in [-0.39, 0.29) is 0 Å². The Kier molecular flexibility index (Phi) is 32.6. The second-order valence-corrected chi connectivity index (χ2v) is 8.36. The zero-order valence-corrected chi connectivity index (χ0v) is 21.6. The molecule has 0 aromatic carbocycles. The monoisotopic (exact) mass is 386 g/mol. The number of hydrogen-bond acceptors (Lipinski definition) is 1. The lowest BCUT2D eigenvalue weighted by atomic mass is 9.76. The van der Waals surface area contributed by atoms with E-state index in [1.54, 1.807) is 6.08 Å². The molecule has 1 nitrogen and oxygen atoms in total. The average Bonchev–Trinajstić information content (AvgIpc) is 2.58. The van der Waals surface area contributed by atoms with Gasteiger partial charge < -0.3 is 4.74 Å². The smallest absolute Gasteiger partial charge is 0.0584 e. The molecule has 0 aliphatic heterocycles. The van der Waals surface area contributed by atoms with Crippen molar-refractivity contribution in [1.82, 2.24) is 0 Å². The first-order valence-corrected chi connectivity index (χ1v) is 11.9. The van der Waals surface area contributed by atoms with Crippen molar-refractivity contribution in [2.75, 3.05) is 0 Å². The maximum atomic E-state index is 6.31. The molecule has 0 unspecified atom stereocenters. The highest BCUT2D eigenvalue weighted by atomic mass is 16.5. The molecule has 1 aliphatic carbocycles. The number of ether oxygens (including phenoxy) is 1. The van der Waals surface area contributed by atoms with E-state index >= 15 is 0 Å². The minimum atomic E-state index is 0.506. The Bertz CT molecular complexity index is 246. The van der Waals surface area contributed by atoms with Gasteiger partial charge >= 0.3 is 0 Å². The van der Waals surface area contributed by atoms with Crippen LogP contribution in [0.3, 0.4) is 0 Å². The fraction of sp³-hybridized carbons (Fsp3) is 0.923. The van der Waals surface area contributed by atoms with Crippen LogP contribution in [0.25, 0.3) is 0 Å². The molecule has 1 atom stereocenters. The Morgan fingerprint density at radius 1 is 1.00 bits per heavy atom. The van der Waals surface area contributed by atoms with Crippen molar-refractivity contribution in [3.63, 3.8) is 0 Å². The van der Waals surface area contributed by atoms with Crippen LogP contribution < -0.4 is 0 Å². The van der Waals surface area contributed by atoms with Gasteiger partial charge in [0.15, 0.2) is 0 Å². The topological polar surface area (TPSA) is 9.23 Å². The maximum Gasteiger partial charge on any atom is 0.0584 e. The fourth-order valence-electron chi connectivity index (χ4n) is 2.94. The Morgan fingerprint density at radius 3 is 1.67 bits per heavy atom. The molecule has 0 saturated heterocycles. The third-order valence-electron chi connectivity index (χ3n) is 3.77. The van der Waals surface area contributed by atoms with Gasteiger partial charge in [0.1, 0.15) is 0 Å². The largest absolute Gasteiger partial charge is 0.375 e. The first-order valence-electron chi connectivity index (χ1n) is 11.9. The predicted molar refractivity (Wildman–Crippen MR) is 130 cm³/mol. The lowest BCUT2D eigenvalue weighted by Crippen LogP contribution is -2.31. The highest BCUT2D eigenvalue weighted by Crippen LogP contribution is 2.37. The summed E-state index contributed by atoms with van der Waals surface area (Å²) in [5.41, 5.74) is 0.506. The number of hydrogen-bond donors (Lipinski definition) is 0. The minimum Gasteiger partial charge on any atom is -0.375 e. The molecule has 1 heteroatoms. The van der Waals surface area contributed by atoms with Crippen molar-refractivity contribution < 1.29 is 4.74 Å². The third-order valence-corrected chi connectivity index (χ3v) is 3.77. The normalized spacial score (nSPS) is 17.0. The summed E-state index contributed by atoms with van der Waals surface area (Å²) in [7, 11) is 0. The first-order chi connectivity index (χ1) is 12.7. The second-order valence-electron chi connectivity index (χ2n) is 8.36. The van der Waals surface area contributed by atoms with E-state index in [1.807, 2.05) is 34.6 Å². The third kappa shape index (κ3) is 30.7. The molecule has 0 spiro atoms. The molecule has 0 bridgehead atoms. The van der Waals surface area contributed by atoms with Gasteiger partial charge in [0.25, 0.3) is 0 Å². The Balaban J connectivity index is -0.000000201. The molecule has 1 saturated carbocycles. The molecule has 1 fully saturated rings. The zero-order chi connectivity index (χ0) is 22.3. The zero-order valence-electron chi connectivity index (χ0n) is 21.6. The molecule has 0 amide bonds. The van der Waals surface area contributed by atoms with Crippen LogP contribution in [0.1, 0.15) is 134 Å². The van der Waals surface area contributed by atoms with Crippen LogP contribution in [-0.4, -0.2) is 12.2 Å².